The molecule has 1 N–H and O–H groups in total. The second-order valence-corrected chi connectivity index (χ2v) is 1.94. The zero-order chi connectivity index (χ0) is 5.11. The van der Waals surface area contributed by atoms with Gasteiger partial charge in [0.2, 0.25) is 0 Å². The summed E-state index contributed by atoms with van der Waals surface area (Å²) in [5, 5.41) is 9.29. The van der Waals surface area contributed by atoms with Crippen LogP contribution in [-0.4, -0.2) is 11.2 Å². The van der Waals surface area contributed by atoms with E-state index in [1.807, 2.05) is 5.38 Å². The largest absolute Gasteiger partial charge is 0.306 e. The molecule has 1 aromatic rings. The van der Waals surface area contributed by atoms with Crippen molar-refractivity contribution in [1.82, 2.24) is 4.98 Å². The van der Waals surface area contributed by atoms with E-state index < -0.39 is 0 Å². The van der Waals surface area contributed by atoms with Gasteiger partial charge in [-0.1, -0.05) is 0 Å². The van der Waals surface area contributed by atoms with Gasteiger partial charge < -0.3 is 5.41 Å². The van der Waals surface area contributed by atoms with Crippen LogP contribution in [0.4, 0.5) is 0 Å². The van der Waals surface area contributed by atoms with E-state index in [0.29, 0.717) is 0 Å². The molecule has 7 heavy (non-hydrogen) atoms. The van der Waals surface area contributed by atoms with Crippen molar-refractivity contribution in [3.05, 3.63) is 16.6 Å². The molecule has 0 unspecified atom stereocenters. The first kappa shape index (κ1) is 4.46. The molecule has 0 fully saturated rings. The minimum Gasteiger partial charge on any atom is -0.306 e. The zero-order valence-electron chi connectivity index (χ0n) is 3.59. The van der Waals surface area contributed by atoms with Gasteiger partial charge in [-0.15, -0.1) is 11.3 Å². The van der Waals surface area contributed by atoms with Crippen molar-refractivity contribution < 1.29 is 0 Å². The van der Waals surface area contributed by atoms with Gasteiger partial charge in [0, 0.05) is 11.6 Å². The SMILES string of the molecule is N=Cc1nccs1. The van der Waals surface area contributed by atoms with Gasteiger partial charge in [0.25, 0.3) is 0 Å². The van der Waals surface area contributed by atoms with Crippen LogP contribution in [0.2, 0.25) is 0 Å². The van der Waals surface area contributed by atoms with Gasteiger partial charge in [0.15, 0.2) is 0 Å². The summed E-state index contributed by atoms with van der Waals surface area (Å²) in [5.41, 5.74) is 0. The molecule has 36 valence electrons. The van der Waals surface area contributed by atoms with Crippen molar-refractivity contribution >= 4 is 17.6 Å². The average Bonchev–Trinajstić information content (AvgIpc) is 2.14. The first-order chi connectivity index (χ1) is 3.43. The van der Waals surface area contributed by atoms with Crippen LogP contribution in [0.1, 0.15) is 5.01 Å². The fourth-order valence-electron chi connectivity index (χ4n) is 0.306. The third kappa shape index (κ3) is 0.838. The van der Waals surface area contributed by atoms with Crippen LogP contribution in [-0.2, 0) is 0 Å². The Kier molecular flexibility index (Phi) is 1.17. The lowest BCUT2D eigenvalue weighted by Crippen LogP contribution is -1.69. The maximum atomic E-state index is 6.68. The van der Waals surface area contributed by atoms with Crippen LogP contribution in [0.15, 0.2) is 11.6 Å². The summed E-state index contributed by atoms with van der Waals surface area (Å²) in [6.07, 6.45) is 2.93. The number of thiazole rings is 1. The van der Waals surface area contributed by atoms with Gasteiger partial charge in [0.05, 0.1) is 6.21 Å². The molecule has 0 saturated heterocycles. The molecule has 0 aliphatic rings. The minimum absolute atomic E-state index is 0.764. The molecule has 0 aromatic carbocycles. The van der Waals surface area contributed by atoms with E-state index in [2.05, 4.69) is 4.98 Å². The second-order valence-electron chi connectivity index (χ2n) is 1.01. The molecular formula is C4H4N2S. The van der Waals surface area contributed by atoms with E-state index >= 15 is 0 Å². The number of hydrogen-bond acceptors (Lipinski definition) is 3. The monoisotopic (exact) mass is 112 g/mol. The summed E-state index contributed by atoms with van der Waals surface area (Å²) in [7, 11) is 0. The van der Waals surface area contributed by atoms with E-state index in [0.717, 1.165) is 5.01 Å². The van der Waals surface area contributed by atoms with Crippen molar-refractivity contribution in [2.24, 2.45) is 0 Å². The summed E-state index contributed by atoms with van der Waals surface area (Å²) in [6, 6.07) is 0. The topological polar surface area (TPSA) is 36.7 Å². The summed E-state index contributed by atoms with van der Waals surface area (Å²) in [6.45, 7) is 0. The average molecular weight is 112 g/mol. The lowest BCUT2D eigenvalue weighted by atomic mass is 10.8. The van der Waals surface area contributed by atoms with Crippen LogP contribution in [0.25, 0.3) is 0 Å². The van der Waals surface area contributed by atoms with Crippen LogP contribution >= 0.6 is 11.3 Å². The Bertz CT molecular complexity index is 145. The predicted molar refractivity (Wildman–Crippen MR) is 30.0 cm³/mol. The molecule has 3 heteroatoms. The predicted octanol–water partition coefficient (Wildman–Crippen LogP) is 1.14. The van der Waals surface area contributed by atoms with Crippen LogP contribution in [0.3, 0.4) is 0 Å². The Balaban J connectivity index is 2.96. The molecule has 0 aliphatic heterocycles. The van der Waals surface area contributed by atoms with E-state index in [4.69, 9.17) is 5.41 Å². The Hall–Kier alpha value is -0.700. The Morgan fingerprint density at radius 3 is 3.00 bits per heavy atom. The highest BCUT2D eigenvalue weighted by Crippen LogP contribution is 1.97. The van der Waals surface area contributed by atoms with Gasteiger partial charge in [-0.05, 0) is 0 Å². The lowest BCUT2D eigenvalue weighted by Gasteiger charge is -1.68. The summed E-state index contributed by atoms with van der Waals surface area (Å²) in [4.78, 5) is 3.81. The maximum Gasteiger partial charge on any atom is 0.133 e. The number of hydrogen-bond donors (Lipinski definition) is 1. The lowest BCUT2D eigenvalue weighted by molar-refractivity contribution is 1.39. The Morgan fingerprint density at radius 2 is 2.71 bits per heavy atom. The first-order valence-electron chi connectivity index (χ1n) is 1.83. The van der Waals surface area contributed by atoms with Crippen molar-refractivity contribution in [1.29, 1.82) is 5.41 Å². The van der Waals surface area contributed by atoms with Gasteiger partial charge >= 0.3 is 0 Å². The van der Waals surface area contributed by atoms with E-state index in [1.165, 1.54) is 17.6 Å². The van der Waals surface area contributed by atoms with Crippen molar-refractivity contribution in [3.8, 4) is 0 Å². The molecule has 0 radical (unpaired) electrons. The minimum atomic E-state index is 0.764. The number of nitrogens with one attached hydrogen (secondary N) is 1. The van der Waals surface area contributed by atoms with Gasteiger partial charge in [0.1, 0.15) is 5.01 Å². The van der Waals surface area contributed by atoms with Gasteiger partial charge in [-0.3, -0.25) is 0 Å². The summed E-state index contributed by atoms with van der Waals surface area (Å²) in [5.74, 6) is 0. The third-order valence-corrected chi connectivity index (χ3v) is 1.30. The number of rotatable bonds is 1. The molecule has 0 spiro atoms. The van der Waals surface area contributed by atoms with E-state index in [1.54, 1.807) is 6.20 Å². The highest BCUT2D eigenvalue weighted by Gasteiger charge is 1.81. The van der Waals surface area contributed by atoms with Crippen LogP contribution < -0.4 is 0 Å². The molecule has 1 aromatic heterocycles. The summed E-state index contributed by atoms with van der Waals surface area (Å²) < 4.78 is 0. The van der Waals surface area contributed by atoms with Crippen molar-refractivity contribution in [2.45, 2.75) is 0 Å². The second kappa shape index (κ2) is 1.84. The third-order valence-electron chi connectivity index (χ3n) is 0.575. The highest BCUT2D eigenvalue weighted by molar-refractivity contribution is 7.11. The van der Waals surface area contributed by atoms with E-state index in [-0.39, 0.29) is 0 Å². The van der Waals surface area contributed by atoms with E-state index in [9.17, 15) is 0 Å². The maximum absolute atomic E-state index is 6.68. The zero-order valence-corrected chi connectivity index (χ0v) is 4.40. The molecule has 0 bridgehead atoms. The number of nitrogens with zero attached hydrogens (tertiary/aromatic N) is 1. The Labute approximate surface area is 45.3 Å². The van der Waals surface area contributed by atoms with Crippen molar-refractivity contribution in [3.63, 3.8) is 0 Å². The molecule has 0 aliphatic carbocycles. The van der Waals surface area contributed by atoms with Crippen LogP contribution in [0, 0.1) is 5.41 Å². The van der Waals surface area contributed by atoms with Gasteiger partial charge in [-0.2, -0.15) is 0 Å². The highest BCUT2D eigenvalue weighted by atomic mass is 32.1. The molecule has 1 heterocycles. The summed E-state index contributed by atoms with van der Waals surface area (Å²) >= 11 is 1.47. The van der Waals surface area contributed by atoms with Crippen molar-refractivity contribution in [2.75, 3.05) is 0 Å². The molecule has 0 amide bonds. The molecule has 1 rings (SSSR count). The smallest absolute Gasteiger partial charge is 0.133 e. The molecule has 2 nitrogen and oxygen atoms in total. The Morgan fingerprint density at radius 1 is 1.86 bits per heavy atom. The first-order valence-corrected chi connectivity index (χ1v) is 2.71. The standard InChI is InChI=1S/C4H4N2S/c5-3-4-6-1-2-7-4/h1-3,5H. The quantitative estimate of drug-likeness (QED) is 0.543. The molecule has 0 saturated carbocycles. The normalized spacial score (nSPS) is 8.57. The van der Waals surface area contributed by atoms with Gasteiger partial charge in [-0.25, -0.2) is 4.98 Å². The molecular weight excluding hydrogens is 108 g/mol. The fourth-order valence-corrected chi connectivity index (χ4v) is 0.757. The van der Waals surface area contributed by atoms with Crippen LogP contribution in [0.5, 0.6) is 0 Å². The number of aromatic nitrogens is 1. The fraction of sp³-hybridized carbons (Fsp3) is 0. The molecule has 0 atom stereocenters.